The lowest BCUT2D eigenvalue weighted by molar-refractivity contribution is 0.0168. The van der Waals surface area contributed by atoms with Crippen molar-refractivity contribution in [1.82, 2.24) is 20.0 Å². The smallest absolute Gasteiger partial charge is 0.0594 e. The van der Waals surface area contributed by atoms with E-state index in [1.807, 2.05) is 22.2 Å². The Morgan fingerprint density at radius 1 is 1.41 bits per heavy atom. The molecule has 1 aliphatic heterocycles. The average molecular weight is 320 g/mol. The molecular formula is C16H24N4OS. The number of aromatic nitrogens is 2. The van der Waals surface area contributed by atoms with Crippen LogP contribution in [0, 0.1) is 0 Å². The fraction of sp³-hybridized carbons (Fsp3) is 0.562. The first-order chi connectivity index (χ1) is 10.9. The van der Waals surface area contributed by atoms with E-state index in [9.17, 15) is 0 Å². The van der Waals surface area contributed by atoms with E-state index in [1.165, 1.54) is 10.4 Å². The highest BCUT2D eigenvalue weighted by molar-refractivity contribution is 7.10. The highest BCUT2D eigenvalue weighted by Crippen LogP contribution is 2.25. The molecule has 0 aliphatic carbocycles. The molecule has 3 heterocycles. The van der Waals surface area contributed by atoms with Gasteiger partial charge in [-0.25, -0.2) is 0 Å². The van der Waals surface area contributed by atoms with Gasteiger partial charge in [0.25, 0.3) is 0 Å². The van der Waals surface area contributed by atoms with Crippen molar-refractivity contribution < 1.29 is 4.74 Å². The van der Waals surface area contributed by atoms with Crippen molar-refractivity contribution in [3.05, 3.63) is 40.3 Å². The molecule has 1 fully saturated rings. The summed E-state index contributed by atoms with van der Waals surface area (Å²) in [6, 6.07) is 4.81. The summed E-state index contributed by atoms with van der Waals surface area (Å²) in [5, 5.41) is 10.1. The predicted octanol–water partition coefficient (Wildman–Crippen LogP) is 2.13. The van der Waals surface area contributed by atoms with Gasteiger partial charge in [-0.2, -0.15) is 5.10 Å². The quantitative estimate of drug-likeness (QED) is 0.849. The van der Waals surface area contributed by atoms with Crippen molar-refractivity contribution >= 4 is 11.3 Å². The lowest BCUT2D eigenvalue weighted by atomic mass is 10.2. The number of aryl methyl sites for hydroxylation is 1. The largest absolute Gasteiger partial charge is 0.379 e. The molecule has 1 aliphatic rings. The van der Waals surface area contributed by atoms with Crippen molar-refractivity contribution in [2.75, 3.05) is 32.8 Å². The van der Waals surface area contributed by atoms with E-state index in [0.717, 1.165) is 45.9 Å². The van der Waals surface area contributed by atoms with Crippen molar-refractivity contribution in [1.29, 1.82) is 0 Å². The third-order valence-electron chi connectivity index (χ3n) is 4.04. The number of nitrogens with one attached hydrogen (secondary N) is 1. The molecule has 0 bridgehead atoms. The minimum atomic E-state index is 0.435. The topological polar surface area (TPSA) is 42.3 Å². The molecule has 0 unspecified atom stereocenters. The fourth-order valence-electron chi connectivity index (χ4n) is 2.80. The highest BCUT2D eigenvalue weighted by atomic mass is 32.1. The Morgan fingerprint density at radius 3 is 2.95 bits per heavy atom. The van der Waals surface area contributed by atoms with Crippen LogP contribution in [0.5, 0.6) is 0 Å². The Morgan fingerprint density at radius 2 is 2.27 bits per heavy atom. The zero-order valence-corrected chi connectivity index (χ0v) is 13.9. The second kappa shape index (κ2) is 7.87. The molecule has 0 aromatic carbocycles. The number of nitrogens with zero attached hydrogens (tertiary/aromatic N) is 3. The van der Waals surface area contributed by atoms with Crippen LogP contribution < -0.4 is 5.32 Å². The van der Waals surface area contributed by atoms with Gasteiger partial charge >= 0.3 is 0 Å². The fourth-order valence-corrected chi connectivity index (χ4v) is 3.66. The first kappa shape index (κ1) is 15.7. The molecule has 6 heteroatoms. The van der Waals surface area contributed by atoms with Gasteiger partial charge in [0, 0.05) is 49.4 Å². The molecule has 0 saturated carbocycles. The van der Waals surface area contributed by atoms with E-state index in [2.05, 4.69) is 45.9 Å². The van der Waals surface area contributed by atoms with Gasteiger partial charge < -0.3 is 10.1 Å². The molecule has 0 amide bonds. The monoisotopic (exact) mass is 320 g/mol. The van der Waals surface area contributed by atoms with Crippen molar-refractivity contribution in [3.8, 4) is 0 Å². The average Bonchev–Trinajstić information content (AvgIpc) is 3.24. The standard InChI is InChI=1S/C16H24N4OS/c1-2-20-13-14(11-18-20)10-17-12-15(16-4-3-9-22-16)19-5-7-21-8-6-19/h3-4,9,11,13,15,17H,2,5-8,10,12H2,1H3/t15-/m1/s1. The molecular weight excluding hydrogens is 296 g/mol. The number of morpholine rings is 1. The molecule has 5 nitrogen and oxygen atoms in total. The predicted molar refractivity (Wildman–Crippen MR) is 89.1 cm³/mol. The molecule has 1 atom stereocenters. The second-order valence-corrected chi connectivity index (χ2v) is 6.49. The lowest BCUT2D eigenvalue weighted by Gasteiger charge is -2.34. The first-order valence-electron chi connectivity index (χ1n) is 7.94. The van der Waals surface area contributed by atoms with Gasteiger partial charge in [-0.05, 0) is 18.4 Å². The van der Waals surface area contributed by atoms with Crippen molar-refractivity contribution in [3.63, 3.8) is 0 Å². The Bertz CT molecular complexity index is 548. The number of hydrogen-bond acceptors (Lipinski definition) is 5. The van der Waals surface area contributed by atoms with E-state index in [-0.39, 0.29) is 0 Å². The lowest BCUT2D eigenvalue weighted by Crippen LogP contribution is -2.42. The normalized spacial score (nSPS) is 17.7. The van der Waals surface area contributed by atoms with Gasteiger partial charge in [-0.3, -0.25) is 9.58 Å². The minimum Gasteiger partial charge on any atom is -0.379 e. The van der Waals surface area contributed by atoms with E-state index >= 15 is 0 Å². The Balaban J connectivity index is 1.57. The molecule has 22 heavy (non-hydrogen) atoms. The maximum absolute atomic E-state index is 5.49. The van der Waals surface area contributed by atoms with Crippen LogP contribution in [0.2, 0.25) is 0 Å². The maximum Gasteiger partial charge on any atom is 0.0594 e. The van der Waals surface area contributed by atoms with Crippen LogP contribution in [0.15, 0.2) is 29.9 Å². The molecule has 1 saturated heterocycles. The summed E-state index contributed by atoms with van der Waals surface area (Å²) in [5.41, 5.74) is 1.24. The number of thiophene rings is 1. The zero-order valence-electron chi connectivity index (χ0n) is 13.1. The van der Waals surface area contributed by atoms with Crippen LogP contribution in [0.1, 0.15) is 23.4 Å². The summed E-state index contributed by atoms with van der Waals surface area (Å²) in [5.74, 6) is 0. The van der Waals surface area contributed by atoms with E-state index in [0.29, 0.717) is 6.04 Å². The summed E-state index contributed by atoms with van der Waals surface area (Å²) in [4.78, 5) is 3.95. The van der Waals surface area contributed by atoms with E-state index in [1.54, 1.807) is 0 Å². The number of hydrogen-bond donors (Lipinski definition) is 1. The molecule has 1 N–H and O–H groups in total. The molecule has 2 aromatic heterocycles. The summed E-state index contributed by atoms with van der Waals surface area (Å²) < 4.78 is 7.45. The van der Waals surface area contributed by atoms with Gasteiger partial charge in [-0.15, -0.1) is 11.3 Å². The first-order valence-corrected chi connectivity index (χ1v) is 8.82. The maximum atomic E-state index is 5.49. The van der Waals surface area contributed by atoms with Gasteiger partial charge in [0.05, 0.1) is 25.5 Å². The Hall–Kier alpha value is -1.21. The molecule has 0 spiro atoms. The van der Waals surface area contributed by atoms with Crippen LogP contribution in [-0.2, 0) is 17.8 Å². The molecule has 2 aromatic rings. The second-order valence-electron chi connectivity index (χ2n) is 5.51. The number of rotatable bonds is 7. The summed E-state index contributed by atoms with van der Waals surface area (Å²) in [7, 11) is 0. The van der Waals surface area contributed by atoms with Crippen molar-refractivity contribution in [2.45, 2.75) is 26.1 Å². The Kier molecular flexibility index (Phi) is 5.61. The van der Waals surface area contributed by atoms with Crippen LogP contribution >= 0.6 is 11.3 Å². The summed E-state index contributed by atoms with van der Waals surface area (Å²) in [6.45, 7) is 8.55. The van der Waals surface area contributed by atoms with Crippen LogP contribution in [-0.4, -0.2) is 47.5 Å². The zero-order chi connectivity index (χ0) is 15.2. The number of ether oxygens (including phenoxy) is 1. The molecule has 120 valence electrons. The van der Waals surface area contributed by atoms with Gasteiger partial charge in [0.15, 0.2) is 0 Å². The van der Waals surface area contributed by atoms with Gasteiger partial charge in [-0.1, -0.05) is 6.07 Å². The SMILES string of the molecule is CCn1cc(CNC[C@H](c2cccs2)N2CCOCC2)cn1. The third-order valence-corrected chi connectivity index (χ3v) is 5.01. The van der Waals surface area contributed by atoms with Crippen molar-refractivity contribution in [2.24, 2.45) is 0 Å². The van der Waals surface area contributed by atoms with Crippen LogP contribution in [0.25, 0.3) is 0 Å². The van der Waals surface area contributed by atoms with Gasteiger partial charge in [0.1, 0.15) is 0 Å². The van der Waals surface area contributed by atoms with Crippen LogP contribution in [0.3, 0.4) is 0 Å². The Labute approximate surface area is 135 Å². The third kappa shape index (κ3) is 3.95. The molecule has 0 radical (unpaired) electrons. The van der Waals surface area contributed by atoms with E-state index in [4.69, 9.17) is 4.74 Å². The van der Waals surface area contributed by atoms with Crippen LogP contribution in [0.4, 0.5) is 0 Å². The minimum absolute atomic E-state index is 0.435. The summed E-state index contributed by atoms with van der Waals surface area (Å²) >= 11 is 1.84. The summed E-state index contributed by atoms with van der Waals surface area (Å²) in [6.07, 6.45) is 4.06. The van der Waals surface area contributed by atoms with E-state index < -0.39 is 0 Å². The molecule has 3 rings (SSSR count). The van der Waals surface area contributed by atoms with Gasteiger partial charge in [0.2, 0.25) is 0 Å². The highest BCUT2D eigenvalue weighted by Gasteiger charge is 2.23.